The maximum Gasteiger partial charge on any atom is 0.408 e. The number of benzene rings is 1. The highest BCUT2D eigenvalue weighted by Gasteiger charge is 2.64. The first-order chi connectivity index (χ1) is 15.7. The molecule has 2 N–H and O–H groups in total. The number of hydrogen-bond donors (Lipinski definition) is 2. The van der Waals surface area contributed by atoms with E-state index in [2.05, 4.69) is 16.7 Å². The zero-order chi connectivity index (χ0) is 24.1. The molecule has 1 saturated carbocycles. The van der Waals surface area contributed by atoms with Crippen molar-refractivity contribution in [1.29, 1.82) is 5.26 Å². The summed E-state index contributed by atoms with van der Waals surface area (Å²) in [6.45, 7) is 5.50. The molecule has 1 aliphatic carbocycles. The number of allylic oxidation sites excluding steroid dienone is 1. The van der Waals surface area contributed by atoms with Gasteiger partial charge in [0.15, 0.2) is 5.54 Å². The molecule has 9 heteroatoms. The zero-order valence-corrected chi connectivity index (χ0v) is 19.4. The smallest absolute Gasteiger partial charge is 0.408 e. The number of rotatable bonds is 7. The summed E-state index contributed by atoms with van der Waals surface area (Å²) in [5.41, 5.74) is -1.06. The molecule has 3 rings (SSSR count). The number of carbonyl (C=O) groups excluding carboxylic acids is 2. The van der Waals surface area contributed by atoms with E-state index in [9.17, 15) is 14.9 Å². The SMILES string of the molecule is COCO[C@H]1C[C@H]2C(C#N)=CNC[C@H]2[C@@]1(NC(=O)OC(C)(C)C)C(=O)OCc1ccccc1. The van der Waals surface area contributed by atoms with Gasteiger partial charge in [-0.1, -0.05) is 30.3 Å². The van der Waals surface area contributed by atoms with Gasteiger partial charge in [-0.2, -0.15) is 5.26 Å². The van der Waals surface area contributed by atoms with Crippen LogP contribution in [-0.2, 0) is 30.3 Å². The van der Waals surface area contributed by atoms with E-state index < -0.39 is 35.2 Å². The zero-order valence-electron chi connectivity index (χ0n) is 19.4. The van der Waals surface area contributed by atoms with Crippen molar-refractivity contribution >= 4 is 12.1 Å². The number of nitrogens with one attached hydrogen (secondary N) is 2. The third-order valence-electron chi connectivity index (χ3n) is 5.82. The molecule has 33 heavy (non-hydrogen) atoms. The highest BCUT2D eigenvalue weighted by molar-refractivity contribution is 5.88. The fraction of sp³-hybridized carbons (Fsp3) is 0.542. The highest BCUT2D eigenvalue weighted by Crippen LogP contribution is 2.47. The van der Waals surface area contributed by atoms with Gasteiger partial charge in [0.2, 0.25) is 0 Å². The molecule has 178 valence electrons. The second kappa shape index (κ2) is 10.2. The summed E-state index contributed by atoms with van der Waals surface area (Å²) in [5, 5.41) is 15.5. The number of alkyl carbamates (subject to hydrolysis) is 1. The van der Waals surface area contributed by atoms with Crippen LogP contribution in [0.5, 0.6) is 0 Å². The summed E-state index contributed by atoms with van der Waals surface area (Å²) in [6.07, 6.45) is 0.428. The van der Waals surface area contributed by atoms with Gasteiger partial charge >= 0.3 is 12.1 Å². The van der Waals surface area contributed by atoms with Crippen LogP contribution < -0.4 is 10.6 Å². The van der Waals surface area contributed by atoms with Gasteiger partial charge in [0.25, 0.3) is 0 Å². The summed E-state index contributed by atoms with van der Waals surface area (Å²) in [7, 11) is 1.47. The fourth-order valence-corrected chi connectivity index (χ4v) is 4.47. The molecule has 1 heterocycles. The number of hydrogen-bond acceptors (Lipinski definition) is 8. The van der Waals surface area contributed by atoms with Crippen molar-refractivity contribution in [2.24, 2.45) is 11.8 Å². The second-order valence-corrected chi connectivity index (χ2v) is 9.19. The van der Waals surface area contributed by atoms with E-state index in [-0.39, 0.29) is 19.3 Å². The van der Waals surface area contributed by atoms with Gasteiger partial charge in [0.05, 0.1) is 12.2 Å². The van der Waals surface area contributed by atoms with Crippen LogP contribution in [0.2, 0.25) is 0 Å². The molecule has 0 bridgehead atoms. The average Bonchev–Trinajstić information content (AvgIpc) is 3.09. The maximum atomic E-state index is 13.7. The quantitative estimate of drug-likeness (QED) is 0.474. The van der Waals surface area contributed by atoms with Crippen LogP contribution in [0.15, 0.2) is 42.1 Å². The van der Waals surface area contributed by atoms with E-state index >= 15 is 0 Å². The lowest BCUT2D eigenvalue weighted by molar-refractivity contribution is -0.167. The normalized spacial score (nSPS) is 26.3. The molecule has 0 radical (unpaired) electrons. The Morgan fingerprint density at radius 3 is 2.64 bits per heavy atom. The molecule has 0 spiro atoms. The number of ether oxygens (including phenoxy) is 4. The van der Waals surface area contributed by atoms with Crippen LogP contribution in [0.1, 0.15) is 32.8 Å². The van der Waals surface area contributed by atoms with E-state index in [0.29, 0.717) is 18.5 Å². The summed E-state index contributed by atoms with van der Waals surface area (Å²) in [5.74, 6) is -1.45. The summed E-state index contributed by atoms with van der Waals surface area (Å²) < 4.78 is 22.2. The van der Waals surface area contributed by atoms with Crippen molar-refractivity contribution < 1.29 is 28.5 Å². The Hall–Kier alpha value is -3.09. The Labute approximate surface area is 194 Å². The van der Waals surface area contributed by atoms with Crippen LogP contribution in [-0.4, -0.2) is 49.8 Å². The predicted octanol–water partition coefficient (Wildman–Crippen LogP) is 2.63. The van der Waals surface area contributed by atoms with Gasteiger partial charge in [-0.05, 0) is 32.8 Å². The lowest BCUT2D eigenvalue weighted by atomic mass is 9.78. The minimum absolute atomic E-state index is 0.0280. The molecular weight excluding hydrogens is 426 g/mol. The first kappa shape index (κ1) is 24.6. The Kier molecular flexibility index (Phi) is 7.61. The van der Waals surface area contributed by atoms with Gasteiger partial charge in [0.1, 0.15) is 19.0 Å². The molecule has 9 nitrogen and oxygen atoms in total. The number of esters is 1. The molecule has 1 fully saturated rings. The minimum Gasteiger partial charge on any atom is -0.459 e. The van der Waals surface area contributed by atoms with E-state index in [1.165, 1.54) is 7.11 Å². The van der Waals surface area contributed by atoms with Crippen LogP contribution in [0, 0.1) is 23.2 Å². The minimum atomic E-state index is -1.58. The predicted molar refractivity (Wildman–Crippen MR) is 118 cm³/mol. The van der Waals surface area contributed by atoms with E-state index in [1.807, 2.05) is 30.3 Å². The maximum absolute atomic E-state index is 13.7. The van der Waals surface area contributed by atoms with Crippen molar-refractivity contribution in [3.8, 4) is 6.07 Å². The fourth-order valence-electron chi connectivity index (χ4n) is 4.47. The van der Waals surface area contributed by atoms with Crippen molar-refractivity contribution in [3.05, 3.63) is 47.7 Å². The second-order valence-electron chi connectivity index (χ2n) is 9.19. The number of amides is 1. The molecule has 1 aromatic carbocycles. The van der Waals surface area contributed by atoms with Gasteiger partial charge in [-0.15, -0.1) is 0 Å². The largest absolute Gasteiger partial charge is 0.459 e. The number of nitrogens with zero attached hydrogens (tertiary/aromatic N) is 1. The molecule has 0 saturated heterocycles. The van der Waals surface area contributed by atoms with Crippen LogP contribution >= 0.6 is 0 Å². The molecule has 4 atom stereocenters. The first-order valence-electron chi connectivity index (χ1n) is 10.9. The van der Waals surface area contributed by atoms with Crippen molar-refractivity contribution in [2.45, 2.75) is 51.0 Å². The highest BCUT2D eigenvalue weighted by atomic mass is 16.7. The number of carbonyl (C=O) groups is 2. The van der Waals surface area contributed by atoms with Crippen LogP contribution in [0.4, 0.5) is 4.79 Å². The van der Waals surface area contributed by atoms with E-state index in [0.717, 1.165) is 5.56 Å². The van der Waals surface area contributed by atoms with Gasteiger partial charge in [-0.25, -0.2) is 9.59 Å². The van der Waals surface area contributed by atoms with Crippen LogP contribution in [0.25, 0.3) is 0 Å². The van der Waals surface area contributed by atoms with E-state index in [1.54, 1.807) is 27.0 Å². The summed E-state index contributed by atoms with van der Waals surface area (Å²) >= 11 is 0. The molecule has 2 aliphatic rings. The number of nitriles is 1. The van der Waals surface area contributed by atoms with Crippen molar-refractivity contribution in [3.63, 3.8) is 0 Å². The van der Waals surface area contributed by atoms with Crippen molar-refractivity contribution in [2.75, 3.05) is 20.4 Å². The van der Waals surface area contributed by atoms with Gasteiger partial charge in [0, 0.05) is 37.3 Å². The molecule has 0 aromatic heterocycles. The third-order valence-corrected chi connectivity index (χ3v) is 5.82. The summed E-state index contributed by atoms with van der Waals surface area (Å²) in [6, 6.07) is 11.5. The molecular formula is C24H31N3O6. The molecule has 1 aromatic rings. The molecule has 1 amide bonds. The number of fused-ring (bicyclic) bond motifs is 1. The Bertz CT molecular complexity index is 920. The summed E-state index contributed by atoms with van der Waals surface area (Å²) in [4.78, 5) is 26.6. The monoisotopic (exact) mass is 457 g/mol. The number of methoxy groups -OCH3 is 1. The molecule has 0 unspecified atom stereocenters. The standard InChI is InChI=1S/C24H31N3O6/c1-23(2,3)33-22(29)27-24(21(28)31-14-16-8-6-5-7-9-16)19-13-26-12-17(11-25)18(19)10-20(24)32-15-30-4/h5-9,12,18-20,26H,10,13-15H2,1-4H3,(H,27,29)/t18-,19+,20-,24-/m0/s1. The third kappa shape index (κ3) is 5.46. The Morgan fingerprint density at radius 1 is 1.27 bits per heavy atom. The lowest BCUT2D eigenvalue weighted by Crippen LogP contribution is -2.66. The van der Waals surface area contributed by atoms with E-state index in [4.69, 9.17) is 18.9 Å². The van der Waals surface area contributed by atoms with Gasteiger partial charge in [-0.3, -0.25) is 0 Å². The average molecular weight is 458 g/mol. The Balaban J connectivity index is 1.98. The topological polar surface area (TPSA) is 119 Å². The molecule has 1 aliphatic heterocycles. The van der Waals surface area contributed by atoms with Gasteiger partial charge < -0.3 is 29.6 Å². The Morgan fingerprint density at radius 2 is 2.00 bits per heavy atom. The van der Waals surface area contributed by atoms with Crippen LogP contribution in [0.3, 0.4) is 0 Å². The van der Waals surface area contributed by atoms with Crippen molar-refractivity contribution in [1.82, 2.24) is 10.6 Å². The lowest BCUT2D eigenvalue weighted by Gasteiger charge is -2.40. The first-order valence-corrected chi connectivity index (χ1v) is 10.9.